The van der Waals surface area contributed by atoms with Crippen molar-refractivity contribution in [1.29, 1.82) is 0 Å². The fraction of sp³-hybridized carbons (Fsp3) is 0.194. The van der Waals surface area contributed by atoms with E-state index in [0.717, 1.165) is 22.3 Å². The molecular formula is C36H29Cl3F6N10O9S. The van der Waals surface area contributed by atoms with Gasteiger partial charge in [0.1, 0.15) is 29.0 Å². The first-order valence-corrected chi connectivity index (χ1v) is 20.1. The molecule has 0 atom stereocenters. The first-order chi connectivity index (χ1) is 30.3. The summed E-state index contributed by atoms with van der Waals surface area (Å²) in [5.74, 6) is -1.06. The average molecular weight is 998 g/mol. The molecule has 65 heavy (non-hydrogen) atoms. The Morgan fingerprint density at radius 2 is 1.63 bits per heavy atom. The molecule has 3 heterocycles. The Kier molecular flexibility index (Phi) is 16.6. The second-order valence-electron chi connectivity index (χ2n) is 12.5. The summed E-state index contributed by atoms with van der Waals surface area (Å²) in [7, 11) is -3.14. The van der Waals surface area contributed by atoms with Gasteiger partial charge in [0.2, 0.25) is 11.8 Å². The number of nitrogens with two attached hydrogens (primary N) is 1. The molecule has 19 nitrogen and oxygen atoms in total. The molecule has 3 aromatic heterocycles. The number of carboxylic acid groups (broad SMARTS) is 1. The van der Waals surface area contributed by atoms with Gasteiger partial charge in [-0.1, -0.05) is 53.0 Å². The maximum Gasteiger partial charge on any atom is 0.416 e. The van der Waals surface area contributed by atoms with Gasteiger partial charge in [-0.2, -0.15) is 46.4 Å². The number of hydrogen-bond donors (Lipinski definition) is 4. The van der Waals surface area contributed by atoms with E-state index in [9.17, 15) is 54.5 Å². The lowest BCUT2D eigenvalue weighted by atomic mass is 10.1. The molecule has 0 radical (unpaired) electrons. The molecule has 0 spiro atoms. The number of ether oxygens (including phenoxy) is 2. The summed E-state index contributed by atoms with van der Waals surface area (Å²) < 4.78 is 113. The topological polar surface area (TPSA) is 270 Å². The number of pyridine rings is 1. The predicted molar refractivity (Wildman–Crippen MR) is 221 cm³/mol. The number of rotatable bonds is 11. The lowest BCUT2D eigenvalue weighted by Crippen LogP contribution is -2.35. The van der Waals surface area contributed by atoms with Gasteiger partial charge in [0.05, 0.1) is 37.6 Å². The number of sulfonamides is 1. The molecule has 6 aromatic rings. The number of nitrogen functional groups attached to an aromatic ring is 1. The molecule has 346 valence electrons. The van der Waals surface area contributed by atoms with Crippen LogP contribution in [0.4, 0.5) is 48.6 Å². The van der Waals surface area contributed by atoms with E-state index < -0.39 is 80.7 Å². The van der Waals surface area contributed by atoms with Crippen LogP contribution in [-0.4, -0.2) is 80.1 Å². The zero-order valence-electron chi connectivity index (χ0n) is 32.8. The minimum Gasteiger partial charge on any atom is -0.480 e. The van der Waals surface area contributed by atoms with Crippen LogP contribution in [0.5, 0.6) is 11.8 Å². The summed E-state index contributed by atoms with van der Waals surface area (Å²) in [6.45, 7) is 1.11. The predicted octanol–water partition coefficient (Wildman–Crippen LogP) is 8.23. The van der Waals surface area contributed by atoms with Crippen LogP contribution in [0.25, 0.3) is 16.6 Å². The highest BCUT2D eigenvalue weighted by atomic mass is 35.5. The van der Waals surface area contributed by atoms with Gasteiger partial charge >= 0.3 is 36.1 Å². The number of carbonyl (C=O) groups excluding carboxylic acids is 1. The highest BCUT2D eigenvalue weighted by Gasteiger charge is 2.33. The lowest BCUT2D eigenvalue weighted by molar-refractivity contribution is -0.383. The number of nitrogens with zero attached hydrogens (tertiary/aromatic N) is 7. The van der Waals surface area contributed by atoms with E-state index in [2.05, 4.69) is 30.4 Å². The van der Waals surface area contributed by atoms with Crippen LogP contribution in [0.3, 0.4) is 0 Å². The number of methoxy groups -OCH3 is 1. The maximum atomic E-state index is 12.6. The van der Waals surface area contributed by atoms with Crippen molar-refractivity contribution in [3.05, 3.63) is 115 Å². The van der Waals surface area contributed by atoms with Crippen LogP contribution in [-0.2, 0) is 27.4 Å². The van der Waals surface area contributed by atoms with Crippen molar-refractivity contribution in [3.8, 4) is 17.4 Å². The number of benzene rings is 3. The van der Waals surface area contributed by atoms with Crippen LogP contribution in [0.1, 0.15) is 23.4 Å². The van der Waals surface area contributed by atoms with Crippen LogP contribution in [0.15, 0.2) is 78.0 Å². The average Bonchev–Trinajstić information content (AvgIpc) is 3.59. The highest BCUT2D eigenvalue weighted by Crippen LogP contribution is 2.39. The minimum atomic E-state index is -4.63. The number of carbonyl (C=O) groups is 2. The third-order valence-corrected chi connectivity index (χ3v) is 10.2. The van der Waals surface area contributed by atoms with Crippen molar-refractivity contribution in [1.82, 2.24) is 34.4 Å². The number of nitro groups is 1. The van der Waals surface area contributed by atoms with Gasteiger partial charge in [-0.3, -0.25) is 20.4 Å². The fourth-order valence-electron chi connectivity index (χ4n) is 5.13. The van der Waals surface area contributed by atoms with E-state index in [-0.39, 0.29) is 39.1 Å². The molecule has 0 saturated carbocycles. The van der Waals surface area contributed by atoms with E-state index >= 15 is 0 Å². The first-order valence-electron chi connectivity index (χ1n) is 17.5. The highest BCUT2D eigenvalue weighted by molar-refractivity contribution is 7.90. The van der Waals surface area contributed by atoms with Gasteiger partial charge in [-0.25, -0.2) is 27.4 Å². The Labute approximate surface area is 376 Å². The molecule has 0 saturated heterocycles. The molecule has 0 fully saturated rings. The van der Waals surface area contributed by atoms with Crippen LogP contribution >= 0.6 is 34.8 Å². The van der Waals surface area contributed by atoms with Gasteiger partial charge in [-0.15, -0.1) is 0 Å². The number of nitrogens with one attached hydrogen (secondary N) is 2. The number of fused-ring (bicyclic) bond motifs is 1. The third-order valence-electron chi connectivity index (χ3n) is 7.87. The van der Waals surface area contributed by atoms with E-state index in [0.29, 0.717) is 28.4 Å². The molecule has 0 aliphatic rings. The number of carboxylic acids is 1. The number of hydrogen-bond acceptors (Lipinski definition) is 14. The maximum absolute atomic E-state index is 12.6. The fourth-order valence-corrected chi connectivity index (χ4v) is 7.17. The van der Waals surface area contributed by atoms with Crippen molar-refractivity contribution in [2.45, 2.75) is 37.0 Å². The molecule has 3 aromatic carbocycles. The molecule has 0 aliphatic carbocycles. The second-order valence-corrected chi connectivity index (χ2v) is 15.3. The van der Waals surface area contributed by atoms with Crippen LogP contribution in [0.2, 0.25) is 15.1 Å². The van der Waals surface area contributed by atoms with Crippen LogP contribution < -0.4 is 25.2 Å². The SMILES string of the molecule is COc1nc(C)nc(NC(=O)NS(=O)(=O)c2ccccc2CCC(F)(F)F)n1.Nc1c([N+](=O)[O-])cnn1-c1c(Cl)cc(C(F)(F)F)cc1Cl.O=C(O)COc1ccc(Cl)c2cccnc12. The number of aliphatic carboxylic acids is 1. The van der Waals surface area contributed by atoms with Crippen molar-refractivity contribution >= 4 is 85.2 Å². The Morgan fingerprint density at radius 1 is 0.969 bits per heavy atom. The monoisotopic (exact) mass is 996 g/mol. The number of anilines is 2. The van der Waals surface area contributed by atoms with Gasteiger partial charge < -0.3 is 20.3 Å². The molecule has 0 bridgehead atoms. The summed E-state index contributed by atoms with van der Waals surface area (Å²) >= 11 is 17.5. The van der Waals surface area contributed by atoms with Crippen molar-refractivity contribution in [3.63, 3.8) is 0 Å². The standard InChI is InChI=1S/C15H16F3N5O4S.C11H8ClNO3.C10H5Cl2F3N4O2/c1-9-19-12(22-14(20-9)27-2)21-13(24)23-28(25,26)11-6-4-3-5-10(11)7-8-15(16,17)18;12-8-3-4-9(16-6-10(14)15)11-7(8)2-1-5-13-11;11-5-1-4(10(13,14)15)2-6(12)8(5)18-9(16)7(3-17-18)19(20)21/h3-6H,7-8H2,1-2H3,(H2,19,20,21,22,23,24);1-5H,6H2,(H,14,15);1-3H,16H2. The van der Waals surface area contributed by atoms with E-state index in [4.69, 9.17) is 55.1 Å². The zero-order valence-corrected chi connectivity index (χ0v) is 35.9. The Morgan fingerprint density at radius 3 is 2.22 bits per heavy atom. The summed E-state index contributed by atoms with van der Waals surface area (Å²) in [5.41, 5.74) is 4.28. The van der Waals surface area contributed by atoms with Gasteiger partial charge in [-0.05, 0) is 61.4 Å². The van der Waals surface area contributed by atoms with Crippen molar-refractivity contribution in [2.75, 3.05) is 24.8 Å². The lowest BCUT2D eigenvalue weighted by Gasteiger charge is -2.13. The Balaban J connectivity index is 0.000000222. The van der Waals surface area contributed by atoms with E-state index in [1.807, 2.05) is 0 Å². The molecule has 6 rings (SSSR count). The molecular weight excluding hydrogens is 969 g/mol. The van der Waals surface area contributed by atoms with Gasteiger partial charge in [0.25, 0.3) is 10.0 Å². The molecule has 0 unspecified atom stereocenters. The summed E-state index contributed by atoms with van der Waals surface area (Å²) in [6, 6.07) is 11.9. The second kappa shape index (κ2) is 21.3. The normalized spacial score (nSPS) is 11.4. The molecule has 0 aliphatic heterocycles. The Hall–Kier alpha value is -6.77. The summed E-state index contributed by atoms with van der Waals surface area (Å²) in [5, 5.41) is 25.5. The minimum absolute atomic E-state index is 0.0715. The van der Waals surface area contributed by atoms with E-state index in [1.54, 1.807) is 35.2 Å². The van der Waals surface area contributed by atoms with Gasteiger partial charge in [0, 0.05) is 18.0 Å². The van der Waals surface area contributed by atoms with Crippen LogP contribution in [0, 0.1) is 17.0 Å². The van der Waals surface area contributed by atoms with Crippen molar-refractivity contribution in [2.24, 2.45) is 0 Å². The molecule has 5 N–H and O–H groups in total. The summed E-state index contributed by atoms with van der Waals surface area (Å²) in [6.07, 6.45) is -8.38. The molecule has 2 amide bonds. The van der Waals surface area contributed by atoms with E-state index in [1.165, 1.54) is 32.2 Å². The Bertz CT molecular complexity index is 2820. The quantitative estimate of drug-likeness (QED) is 0.0541. The number of urea groups is 1. The number of aryl methyl sites for hydroxylation is 2. The van der Waals surface area contributed by atoms with Crippen molar-refractivity contribution < 1.29 is 63.9 Å². The largest absolute Gasteiger partial charge is 0.480 e. The molecule has 29 heteroatoms. The summed E-state index contributed by atoms with van der Waals surface area (Å²) in [4.78, 5) is 47.3. The number of alkyl halides is 6. The number of amides is 2. The number of aromatic nitrogens is 6. The first kappa shape index (κ1) is 50.9. The smallest absolute Gasteiger partial charge is 0.416 e. The van der Waals surface area contributed by atoms with Gasteiger partial charge in [0.15, 0.2) is 6.61 Å². The number of halogens is 9. The zero-order chi connectivity index (χ0) is 48.4. The third kappa shape index (κ3) is 14.1.